The summed E-state index contributed by atoms with van der Waals surface area (Å²) in [6, 6.07) is 0.771. The largest absolute Gasteiger partial charge is 0.314 e. The van der Waals surface area contributed by atoms with Crippen LogP contribution in [0.1, 0.15) is 33.1 Å². The summed E-state index contributed by atoms with van der Waals surface area (Å²) < 4.78 is 0. The third-order valence-electron chi connectivity index (χ3n) is 2.34. The summed E-state index contributed by atoms with van der Waals surface area (Å²) in [6.45, 7) is 5.80. The molecular formula is C8H17N. The van der Waals surface area contributed by atoms with Crippen molar-refractivity contribution in [2.75, 3.05) is 6.54 Å². The van der Waals surface area contributed by atoms with Gasteiger partial charge < -0.3 is 5.32 Å². The van der Waals surface area contributed by atoms with Crippen LogP contribution in [0.15, 0.2) is 0 Å². The fourth-order valence-electron chi connectivity index (χ4n) is 1.41. The lowest BCUT2D eigenvalue weighted by molar-refractivity contribution is 0.317. The summed E-state index contributed by atoms with van der Waals surface area (Å²) in [4.78, 5) is 0. The molecule has 0 aliphatic carbocycles. The second kappa shape index (κ2) is 3.21. The summed E-state index contributed by atoms with van der Waals surface area (Å²) in [6.07, 6.45) is 4.16. The van der Waals surface area contributed by atoms with Crippen LogP contribution in [-0.2, 0) is 0 Å². The molecule has 9 heavy (non-hydrogen) atoms. The van der Waals surface area contributed by atoms with Crippen molar-refractivity contribution < 1.29 is 0 Å². The van der Waals surface area contributed by atoms with Crippen molar-refractivity contribution in [3.63, 3.8) is 0 Å². The zero-order valence-corrected chi connectivity index (χ0v) is 6.48. The third kappa shape index (κ3) is 1.98. The fourth-order valence-corrected chi connectivity index (χ4v) is 1.41. The number of rotatable bonds is 1. The molecule has 1 rings (SSSR count). The highest BCUT2D eigenvalue weighted by molar-refractivity contribution is 4.73. The molecule has 2 atom stereocenters. The van der Waals surface area contributed by atoms with Crippen molar-refractivity contribution in [2.24, 2.45) is 5.92 Å². The Kier molecular flexibility index (Phi) is 2.52. The SMILES string of the molecule is CCC1CC[C@H](C)NC1. The van der Waals surface area contributed by atoms with Crippen LogP contribution in [0.5, 0.6) is 0 Å². The Balaban J connectivity index is 2.18. The fraction of sp³-hybridized carbons (Fsp3) is 1.00. The van der Waals surface area contributed by atoms with Crippen molar-refractivity contribution in [2.45, 2.75) is 39.2 Å². The van der Waals surface area contributed by atoms with Crippen LogP contribution in [0.3, 0.4) is 0 Å². The molecule has 54 valence electrons. The lowest BCUT2D eigenvalue weighted by Gasteiger charge is -2.26. The standard InChI is InChI=1S/C8H17N/c1-3-8-5-4-7(2)9-6-8/h7-9H,3-6H2,1-2H3/t7-,8?/m0/s1. The molecule has 1 fully saturated rings. The van der Waals surface area contributed by atoms with Gasteiger partial charge in [0.25, 0.3) is 0 Å². The highest BCUT2D eigenvalue weighted by Crippen LogP contribution is 2.16. The minimum absolute atomic E-state index is 0.771. The first-order valence-corrected chi connectivity index (χ1v) is 4.06. The zero-order valence-electron chi connectivity index (χ0n) is 6.48. The normalized spacial score (nSPS) is 36.7. The number of hydrogen-bond acceptors (Lipinski definition) is 1. The van der Waals surface area contributed by atoms with Crippen LogP contribution in [0.4, 0.5) is 0 Å². The quantitative estimate of drug-likeness (QED) is 0.566. The molecule has 1 heterocycles. The minimum Gasteiger partial charge on any atom is -0.314 e. The van der Waals surface area contributed by atoms with E-state index >= 15 is 0 Å². The molecule has 0 saturated carbocycles. The number of nitrogens with one attached hydrogen (secondary N) is 1. The van der Waals surface area contributed by atoms with E-state index in [-0.39, 0.29) is 0 Å². The van der Waals surface area contributed by atoms with Crippen molar-refractivity contribution in [3.05, 3.63) is 0 Å². The average molecular weight is 127 g/mol. The molecule has 1 unspecified atom stereocenters. The summed E-state index contributed by atoms with van der Waals surface area (Å²) in [7, 11) is 0. The molecule has 1 aliphatic rings. The van der Waals surface area contributed by atoms with Gasteiger partial charge in [-0.3, -0.25) is 0 Å². The zero-order chi connectivity index (χ0) is 6.69. The van der Waals surface area contributed by atoms with Crippen LogP contribution in [0.25, 0.3) is 0 Å². The lowest BCUT2D eigenvalue weighted by atomic mass is 9.94. The maximum absolute atomic E-state index is 3.48. The predicted octanol–water partition coefficient (Wildman–Crippen LogP) is 1.78. The van der Waals surface area contributed by atoms with E-state index in [1.54, 1.807) is 0 Å². The Bertz CT molecular complexity index is 72.6. The Labute approximate surface area is 57.8 Å². The summed E-state index contributed by atoms with van der Waals surface area (Å²) >= 11 is 0. The monoisotopic (exact) mass is 127 g/mol. The van der Waals surface area contributed by atoms with E-state index in [1.165, 1.54) is 25.8 Å². The molecule has 0 aromatic rings. The molecular weight excluding hydrogens is 110 g/mol. The molecule has 1 heteroatoms. The van der Waals surface area contributed by atoms with Crippen LogP contribution in [0, 0.1) is 5.92 Å². The van der Waals surface area contributed by atoms with Gasteiger partial charge in [0.15, 0.2) is 0 Å². The molecule has 0 aromatic heterocycles. The van der Waals surface area contributed by atoms with Gasteiger partial charge in [0, 0.05) is 6.04 Å². The van der Waals surface area contributed by atoms with Crippen molar-refractivity contribution in [3.8, 4) is 0 Å². The minimum atomic E-state index is 0.771. The second-order valence-electron chi connectivity index (χ2n) is 3.16. The highest BCUT2D eigenvalue weighted by atomic mass is 14.9. The van der Waals surface area contributed by atoms with Crippen molar-refractivity contribution >= 4 is 0 Å². The Morgan fingerprint density at radius 1 is 1.44 bits per heavy atom. The molecule has 0 spiro atoms. The first-order chi connectivity index (χ1) is 4.33. The molecule has 0 aromatic carbocycles. The molecule has 1 aliphatic heterocycles. The maximum atomic E-state index is 3.48. The molecule has 1 saturated heterocycles. The van der Waals surface area contributed by atoms with Gasteiger partial charge in [-0.05, 0) is 32.2 Å². The third-order valence-corrected chi connectivity index (χ3v) is 2.34. The second-order valence-corrected chi connectivity index (χ2v) is 3.16. The molecule has 1 nitrogen and oxygen atoms in total. The van der Waals surface area contributed by atoms with E-state index < -0.39 is 0 Å². The van der Waals surface area contributed by atoms with E-state index in [0.717, 1.165) is 12.0 Å². The molecule has 1 N–H and O–H groups in total. The van der Waals surface area contributed by atoms with Crippen LogP contribution in [0.2, 0.25) is 0 Å². The maximum Gasteiger partial charge on any atom is 0.00389 e. The van der Waals surface area contributed by atoms with Crippen LogP contribution >= 0.6 is 0 Å². The van der Waals surface area contributed by atoms with Gasteiger partial charge in [0.05, 0.1) is 0 Å². The predicted molar refractivity (Wildman–Crippen MR) is 40.5 cm³/mol. The Morgan fingerprint density at radius 2 is 2.22 bits per heavy atom. The Hall–Kier alpha value is -0.0400. The van der Waals surface area contributed by atoms with Crippen LogP contribution < -0.4 is 5.32 Å². The van der Waals surface area contributed by atoms with Crippen LogP contribution in [-0.4, -0.2) is 12.6 Å². The van der Waals surface area contributed by atoms with Gasteiger partial charge in [-0.2, -0.15) is 0 Å². The average Bonchev–Trinajstić information content (AvgIpc) is 1.90. The molecule has 0 bridgehead atoms. The highest BCUT2D eigenvalue weighted by Gasteiger charge is 2.14. The topological polar surface area (TPSA) is 12.0 Å². The van der Waals surface area contributed by atoms with E-state index in [0.29, 0.717) is 0 Å². The van der Waals surface area contributed by atoms with Gasteiger partial charge >= 0.3 is 0 Å². The van der Waals surface area contributed by atoms with Gasteiger partial charge in [0.1, 0.15) is 0 Å². The van der Waals surface area contributed by atoms with Gasteiger partial charge in [-0.1, -0.05) is 13.3 Å². The first kappa shape index (κ1) is 7.07. The van der Waals surface area contributed by atoms with E-state index in [4.69, 9.17) is 0 Å². The molecule has 0 radical (unpaired) electrons. The first-order valence-electron chi connectivity index (χ1n) is 4.06. The number of hydrogen-bond donors (Lipinski definition) is 1. The lowest BCUT2D eigenvalue weighted by Crippen LogP contribution is -2.36. The van der Waals surface area contributed by atoms with E-state index in [9.17, 15) is 0 Å². The summed E-state index contributed by atoms with van der Waals surface area (Å²) in [5, 5.41) is 3.48. The van der Waals surface area contributed by atoms with Crippen molar-refractivity contribution in [1.29, 1.82) is 0 Å². The van der Waals surface area contributed by atoms with Gasteiger partial charge in [-0.15, -0.1) is 0 Å². The van der Waals surface area contributed by atoms with E-state index in [1.807, 2.05) is 0 Å². The summed E-state index contributed by atoms with van der Waals surface area (Å²) in [5.41, 5.74) is 0. The summed E-state index contributed by atoms with van der Waals surface area (Å²) in [5.74, 6) is 0.959. The van der Waals surface area contributed by atoms with Gasteiger partial charge in [-0.25, -0.2) is 0 Å². The van der Waals surface area contributed by atoms with Crippen molar-refractivity contribution in [1.82, 2.24) is 5.32 Å². The smallest absolute Gasteiger partial charge is 0.00389 e. The van der Waals surface area contributed by atoms with Gasteiger partial charge in [0.2, 0.25) is 0 Å². The van der Waals surface area contributed by atoms with E-state index in [2.05, 4.69) is 19.2 Å². The molecule has 0 amide bonds. The Morgan fingerprint density at radius 3 is 2.67 bits per heavy atom. The number of piperidine rings is 1.